The lowest BCUT2D eigenvalue weighted by Crippen LogP contribution is -2.33. The Bertz CT molecular complexity index is 1370. The summed E-state index contributed by atoms with van der Waals surface area (Å²) in [5.41, 5.74) is 9.78. The van der Waals surface area contributed by atoms with E-state index in [1.54, 1.807) is 0 Å². The summed E-state index contributed by atoms with van der Waals surface area (Å²) in [6, 6.07) is 24.7. The molecule has 0 spiro atoms. The molecule has 0 radical (unpaired) electrons. The average Bonchev–Trinajstić information content (AvgIpc) is 2.77. The van der Waals surface area contributed by atoms with Gasteiger partial charge in [0.2, 0.25) is 5.88 Å². The number of ether oxygens (including phenoxy) is 1. The topological polar surface area (TPSA) is 76.1 Å². The predicted molar refractivity (Wildman–Crippen MR) is 125 cm³/mol. The van der Waals surface area contributed by atoms with Crippen molar-refractivity contribution in [1.82, 2.24) is 0 Å². The molecule has 32 heavy (non-hydrogen) atoms. The Hall–Kier alpha value is -3.84. The molecule has 0 aromatic heterocycles. The number of ketones is 1. The number of hydrogen-bond acceptors (Lipinski definition) is 4. The first-order valence-electron chi connectivity index (χ1n) is 10.8. The van der Waals surface area contributed by atoms with E-state index in [2.05, 4.69) is 50.2 Å². The molecule has 1 unspecified atom stereocenters. The second-order valence-electron chi connectivity index (χ2n) is 9.35. The van der Waals surface area contributed by atoms with Crippen LogP contribution >= 0.6 is 0 Å². The number of hydrogen-bond donors (Lipinski definition) is 1. The van der Waals surface area contributed by atoms with Crippen LogP contribution in [0.15, 0.2) is 89.5 Å². The Kier molecular flexibility index (Phi) is 4.64. The smallest absolute Gasteiger partial charge is 0.205 e. The van der Waals surface area contributed by atoms with E-state index in [1.165, 1.54) is 0 Å². The normalized spacial score (nSPS) is 20.0. The van der Waals surface area contributed by atoms with E-state index in [-0.39, 0.29) is 17.1 Å². The van der Waals surface area contributed by atoms with Crippen LogP contribution in [0.25, 0.3) is 21.9 Å². The highest BCUT2D eigenvalue weighted by Crippen LogP contribution is 2.49. The number of benzene rings is 3. The molecule has 0 saturated carbocycles. The van der Waals surface area contributed by atoms with Gasteiger partial charge >= 0.3 is 0 Å². The van der Waals surface area contributed by atoms with Crippen LogP contribution in [0.1, 0.15) is 38.2 Å². The van der Waals surface area contributed by atoms with Crippen molar-refractivity contribution in [2.24, 2.45) is 11.1 Å². The first-order chi connectivity index (χ1) is 15.4. The van der Waals surface area contributed by atoms with E-state index < -0.39 is 5.92 Å². The number of nitrogens with two attached hydrogens (primary N) is 1. The lowest BCUT2D eigenvalue weighted by Gasteiger charge is -2.37. The van der Waals surface area contributed by atoms with Gasteiger partial charge in [0.15, 0.2) is 5.78 Å². The highest BCUT2D eigenvalue weighted by Gasteiger charge is 2.43. The molecular weight excluding hydrogens is 396 g/mol. The van der Waals surface area contributed by atoms with E-state index in [9.17, 15) is 10.1 Å². The zero-order valence-electron chi connectivity index (χ0n) is 18.2. The maximum atomic E-state index is 13.3. The van der Waals surface area contributed by atoms with Crippen LogP contribution in [0.2, 0.25) is 0 Å². The van der Waals surface area contributed by atoms with Crippen molar-refractivity contribution in [2.45, 2.75) is 32.6 Å². The fourth-order valence-corrected chi connectivity index (χ4v) is 4.96. The average molecular weight is 421 g/mol. The third-order valence-electron chi connectivity index (χ3n) is 6.41. The molecule has 1 atom stereocenters. The molecule has 0 amide bonds. The van der Waals surface area contributed by atoms with Gasteiger partial charge in [-0.1, -0.05) is 74.5 Å². The fourth-order valence-electron chi connectivity index (χ4n) is 4.96. The van der Waals surface area contributed by atoms with Gasteiger partial charge in [-0.15, -0.1) is 0 Å². The minimum absolute atomic E-state index is 0.0230. The van der Waals surface area contributed by atoms with Crippen LogP contribution < -0.4 is 5.73 Å². The Morgan fingerprint density at radius 2 is 1.72 bits per heavy atom. The molecule has 1 heterocycles. The molecule has 3 aromatic carbocycles. The van der Waals surface area contributed by atoms with Gasteiger partial charge in [-0.25, -0.2) is 0 Å². The Morgan fingerprint density at radius 3 is 2.50 bits per heavy atom. The summed E-state index contributed by atoms with van der Waals surface area (Å²) in [5.74, 6) is 0.181. The monoisotopic (exact) mass is 420 g/mol. The standard InChI is InChI=1S/C28H24N2O2/c1-28(2)14-23(31)26-24(15-28)32-27(30)22(16-29)25(26)21-10-6-5-9-20(21)19-12-11-17-7-3-4-8-18(17)13-19/h3-13,25H,14-15,30H2,1-2H3. The molecule has 5 rings (SSSR count). The highest BCUT2D eigenvalue weighted by molar-refractivity contribution is 6.00. The van der Waals surface area contributed by atoms with Crippen LogP contribution in [0.3, 0.4) is 0 Å². The van der Waals surface area contributed by atoms with Crippen LogP contribution in [-0.2, 0) is 9.53 Å². The summed E-state index contributed by atoms with van der Waals surface area (Å²) in [5, 5.41) is 12.3. The van der Waals surface area contributed by atoms with Crippen molar-refractivity contribution in [1.29, 1.82) is 5.26 Å². The van der Waals surface area contributed by atoms with Gasteiger partial charge in [-0.05, 0) is 38.9 Å². The van der Waals surface area contributed by atoms with Gasteiger partial charge < -0.3 is 10.5 Å². The quantitative estimate of drug-likeness (QED) is 0.555. The zero-order valence-corrected chi connectivity index (χ0v) is 18.2. The van der Waals surface area contributed by atoms with E-state index >= 15 is 0 Å². The molecular formula is C28H24N2O2. The number of nitrogens with zero attached hydrogens (tertiary/aromatic N) is 1. The molecule has 2 N–H and O–H groups in total. The number of fused-ring (bicyclic) bond motifs is 1. The van der Waals surface area contributed by atoms with Gasteiger partial charge in [-0.3, -0.25) is 4.79 Å². The Morgan fingerprint density at radius 1 is 1.00 bits per heavy atom. The van der Waals surface area contributed by atoms with E-state index in [1.807, 2.05) is 36.4 Å². The van der Waals surface area contributed by atoms with Crippen LogP contribution in [0, 0.1) is 16.7 Å². The number of carbonyl (C=O) groups excluding carboxylic acids is 1. The second-order valence-corrected chi connectivity index (χ2v) is 9.35. The molecule has 2 aliphatic rings. The molecule has 1 aliphatic carbocycles. The minimum atomic E-state index is -0.532. The molecule has 3 aromatic rings. The number of nitriles is 1. The number of rotatable bonds is 2. The predicted octanol–water partition coefficient (Wildman–Crippen LogP) is 5.96. The van der Waals surface area contributed by atoms with Crippen molar-refractivity contribution >= 4 is 16.6 Å². The number of Topliss-reactive ketones (excluding diaryl/α,β-unsaturated/α-hetero) is 1. The minimum Gasteiger partial charge on any atom is -0.444 e. The third kappa shape index (κ3) is 3.27. The summed E-state index contributed by atoms with van der Waals surface area (Å²) in [6.45, 7) is 4.10. The van der Waals surface area contributed by atoms with Gasteiger partial charge in [0, 0.05) is 18.4 Å². The first kappa shape index (κ1) is 20.1. The van der Waals surface area contributed by atoms with Crippen molar-refractivity contribution in [3.63, 3.8) is 0 Å². The zero-order chi connectivity index (χ0) is 22.5. The third-order valence-corrected chi connectivity index (χ3v) is 6.41. The maximum Gasteiger partial charge on any atom is 0.205 e. The van der Waals surface area contributed by atoms with E-state index in [4.69, 9.17) is 10.5 Å². The summed E-state index contributed by atoms with van der Waals surface area (Å²) in [4.78, 5) is 13.3. The van der Waals surface area contributed by atoms with Crippen LogP contribution in [0.4, 0.5) is 0 Å². The molecule has 0 fully saturated rings. The summed E-state index contributed by atoms with van der Waals surface area (Å²) in [7, 11) is 0. The SMILES string of the molecule is CC1(C)CC(=O)C2=C(C1)OC(N)=C(C#N)C2c1ccccc1-c1ccc2ccccc2c1. The van der Waals surface area contributed by atoms with Crippen LogP contribution in [-0.4, -0.2) is 5.78 Å². The summed E-state index contributed by atoms with van der Waals surface area (Å²) < 4.78 is 5.85. The van der Waals surface area contributed by atoms with E-state index in [0.717, 1.165) is 27.5 Å². The lowest BCUT2D eigenvalue weighted by atomic mass is 9.69. The first-order valence-corrected chi connectivity index (χ1v) is 10.8. The maximum absolute atomic E-state index is 13.3. The van der Waals surface area contributed by atoms with Gasteiger partial charge in [0.25, 0.3) is 0 Å². The Labute approximate surface area is 187 Å². The van der Waals surface area contributed by atoms with E-state index in [0.29, 0.717) is 29.7 Å². The second kappa shape index (κ2) is 7.39. The highest BCUT2D eigenvalue weighted by atomic mass is 16.5. The molecule has 0 saturated heterocycles. The summed E-state index contributed by atoms with van der Waals surface area (Å²) in [6.07, 6.45) is 1.03. The van der Waals surface area contributed by atoms with Crippen molar-refractivity contribution in [2.75, 3.05) is 0 Å². The largest absolute Gasteiger partial charge is 0.444 e. The number of allylic oxidation sites excluding steroid dienone is 3. The molecule has 158 valence electrons. The molecule has 4 nitrogen and oxygen atoms in total. The van der Waals surface area contributed by atoms with Crippen molar-refractivity contribution in [3.8, 4) is 17.2 Å². The molecule has 4 heteroatoms. The Balaban J connectivity index is 1.72. The van der Waals surface area contributed by atoms with Crippen LogP contribution in [0.5, 0.6) is 0 Å². The molecule has 0 bridgehead atoms. The fraction of sp³-hybridized carbons (Fsp3) is 0.214. The van der Waals surface area contributed by atoms with Gasteiger partial charge in [-0.2, -0.15) is 5.26 Å². The lowest BCUT2D eigenvalue weighted by molar-refractivity contribution is -0.119. The summed E-state index contributed by atoms with van der Waals surface area (Å²) >= 11 is 0. The van der Waals surface area contributed by atoms with Gasteiger partial charge in [0.05, 0.1) is 5.92 Å². The van der Waals surface area contributed by atoms with Crippen molar-refractivity contribution in [3.05, 3.63) is 95.1 Å². The van der Waals surface area contributed by atoms with Crippen molar-refractivity contribution < 1.29 is 9.53 Å². The van der Waals surface area contributed by atoms with Gasteiger partial charge in [0.1, 0.15) is 17.4 Å². The number of carbonyl (C=O) groups is 1. The molecule has 1 aliphatic heterocycles.